The molecule has 1 spiro atoms. The second kappa shape index (κ2) is 10.1. The summed E-state index contributed by atoms with van der Waals surface area (Å²) in [7, 11) is 0. The number of anilines is 2. The fourth-order valence-corrected chi connectivity index (χ4v) is 6.97. The van der Waals surface area contributed by atoms with Crippen LogP contribution in [0.25, 0.3) is 10.9 Å². The predicted molar refractivity (Wildman–Crippen MR) is 152 cm³/mol. The maximum atomic E-state index is 9.54. The molecule has 2 atom stereocenters. The summed E-state index contributed by atoms with van der Waals surface area (Å²) in [5.41, 5.74) is 6.68. The van der Waals surface area contributed by atoms with Gasteiger partial charge in [0.05, 0.1) is 29.9 Å². The Morgan fingerprint density at radius 1 is 1.10 bits per heavy atom. The lowest BCUT2D eigenvalue weighted by Crippen LogP contribution is -2.71. The van der Waals surface area contributed by atoms with Crippen LogP contribution in [0.5, 0.6) is 0 Å². The van der Waals surface area contributed by atoms with E-state index < -0.39 is 0 Å². The van der Waals surface area contributed by atoms with Crippen molar-refractivity contribution < 1.29 is 9.47 Å². The van der Waals surface area contributed by atoms with Crippen molar-refractivity contribution in [1.82, 2.24) is 15.2 Å². The highest BCUT2D eigenvalue weighted by molar-refractivity contribution is 5.95. The average Bonchev–Trinajstić information content (AvgIpc) is 2.95. The highest BCUT2D eigenvalue weighted by atomic mass is 16.5. The fraction of sp³-hybridized carbons (Fsp3) is 0.484. The number of hydrogen-bond acceptors (Lipinski definition) is 8. The van der Waals surface area contributed by atoms with E-state index in [2.05, 4.69) is 68.3 Å². The Labute approximate surface area is 230 Å². The zero-order chi connectivity index (χ0) is 26.4. The number of likely N-dealkylation sites (tertiary alicyclic amines) is 1. The van der Waals surface area contributed by atoms with E-state index in [4.69, 9.17) is 9.47 Å². The number of benzene rings is 2. The summed E-state index contributed by atoms with van der Waals surface area (Å²) in [6, 6.07) is 17.2. The molecule has 0 amide bonds. The maximum Gasteiger partial charge on any atom is 0.111 e. The molecule has 39 heavy (non-hydrogen) atoms. The molecule has 4 aliphatic heterocycles. The molecule has 0 aliphatic carbocycles. The second-order valence-electron chi connectivity index (χ2n) is 11.6. The molecule has 7 rings (SSSR count). The molecule has 2 unspecified atom stereocenters. The number of nitrogens with zero attached hydrogens (tertiary/aromatic N) is 5. The van der Waals surface area contributed by atoms with E-state index in [-0.39, 0.29) is 17.8 Å². The topological polar surface area (TPSA) is 76.9 Å². The maximum absolute atomic E-state index is 9.54. The van der Waals surface area contributed by atoms with Gasteiger partial charge in [-0.1, -0.05) is 6.07 Å². The van der Waals surface area contributed by atoms with Crippen molar-refractivity contribution in [1.29, 1.82) is 5.26 Å². The predicted octanol–water partition coefficient (Wildman–Crippen LogP) is 2.94. The third-order valence-corrected chi connectivity index (χ3v) is 8.71. The first-order valence-electron chi connectivity index (χ1n) is 14.2. The SMILES string of the molecule is CC1CN(c2ccc(C#N)c3ncccc23)CC(CN2CC3(C2)CN(c2ccc4c(c2)CCNC4)CCO3)O1. The van der Waals surface area contributed by atoms with Crippen LogP contribution in [0.4, 0.5) is 11.4 Å². The van der Waals surface area contributed by atoms with Gasteiger partial charge in [-0.15, -0.1) is 0 Å². The van der Waals surface area contributed by atoms with Gasteiger partial charge in [-0.3, -0.25) is 9.88 Å². The van der Waals surface area contributed by atoms with Crippen LogP contribution in [0.15, 0.2) is 48.7 Å². The van der Waals surface area contributed by atoms with Gasteiger partial charge in [0, 0.05) is 75.3 Å². The van der Waals surface area contributed by atoms with Crippen LogP contribution in [-0.2, 0) is 22.4 Å². The van der Waals surface area contributed by atoms with E-state index in [1.165, 1.54) is 16.8 Å². The van der Waals surface area contributed by atoms with Gasteiger partial charge in [-0.25, -0.2) is 0 Å². The zero-order valence-electron chi connectivity index (χ0n) is 22.6. The summed E-state index contributed by atoms with van der Waals surface area (Å²) in [4.78, 5) is 11.9. The van der Waals surface area contributed by atoms with Gasteiger partial charge >= 0.3 is 0 Å². The van der Waals surface area contributed by atoms with Gasteiger partial charge < -0.3 is 24.6 Å². The molecular formula is C31H36N6O2. The van der Waals surface area contributed by atoms with Crippen molar-refractivity contribution in [3.8, 4) is 6.07 Å². The van der Waals surface area contributed by atoms with Gasteiger partial charge in [-0.05, 0) is 67.4 Å². The summed E-state index contributed by atoms with van der Waals surface area (Å²) in [5, 5.41) is 14.0. The molecule has 0 saturated carbocycles. The molecule has 3 aromatic rings. The lowest BCUT2D eigenvalue weighted by atomic mass is 9.90. The first kappa shape index (κ1) is 24.8. The molecule has 1 aromatic heterocycles. The van der Waals surface area contributed by atoms with Crippen molar-refractivity contribution in [2.75, 3.05) is 68.8 Å². The third-order valence-electron chi connectivity index (χ3n) is 8.71. The number of nitriles is 1. The zero-order valence-corrected chi connectivity index (χ0v) is 22.6. The standard InChI is InChI=1S/C31H36N6O2/c1-22-16-37(29-7-5-24(14-32)30-28(29)3-2-9-34-30)18-27(39-22)17-35-19-31(20-35)21-36(11-12-38-31)26-6-4-25-15-33-10-8-23(25)13-26/h2-7,9,13,22,27,33H,8,10-12,15-21H2,1H3. The summed E-state index contributed by atoms with van der Waals surface area (Å²) in [6.45, 7) is 11.3. The van der Waals surface area contributed by atoms with Crippen LogP contribution in [0, 0.1) is 11.3 Å². The number of hydrogen-bond donors (Lipinski definition) is 1. The summed E-state index contributed by atoms with van der Waals surface area (Å²) >= 11 is 0. The number of rotatable bonds is 4. The second-order valence-corrected chi connectivity index (χ2v) is 11.6. The molecule has 2 aromatic carbocycles. The van der Waals surface area contributed by atoms with Crippen molar-refractivity contribution in [2.45, 2.75) is 37.7 Å². The normalized spacial score (nSPS) is 24.8. The number of nitrogens with one attached hydrogen (secondary N) is 1. The molecule has 3 saturated heterocycles. The van der Waals surface area contributed by atoms with Crippen molar-refractivity contribution in [2.24, 2.45) is 0 Å². The summed E-state index contributed by atoms with van der Waals surface area (Å²) < 4.78 is 12.8. The van der Waals surface area contributed by atoms with Crippen molar-refractivity contribution in [3.05, 3.63) is 65.4 Å². The molecule has 8 nitrogen and oxygen atoms in total. The molecule has 0 bridgehead atoms. The average molecular weight is 525 g/mol. The smallest absolute Gasteiger partial charge is 0.111 e. The van der Waals surface area contributed by atoms with E-state index in [9.17, 15) is 5.26 Å². The summed E-state index contributed by atoms with van der Waals surface area (Å²) in [6.07, 6.45) is 3.11. The largest absolute Gasteiger partial charge is 0.370 e. The van der Waals surface area contributed by atoms with Crippen LogP contribution in [0.2, 0.25) is 0 Å². The Morgan fingerprint density at radius 2 is 2.03 bits per heavy atom. The highest BCUT2D eigenvalue weighted by Crippen LogP contribution is 2.34. The molecule has 202 valence electrons. The lowest BCUT2D eigenvalue weighted by Gasteiger charge is -2.55. The van der Waals surface area contributed by atoms with Crippen LogP contribution in [0.3, 0.4) is 0 Å². The van der Waals surface area contributed by atoms with Crippen LogP contribution in [-0.4, -0.2) is 86.7 Å². The Kier molecular flexibility index (Phi) is 6.40. The number of pyridine rings is 1. The minimum Gasteiger partial charge on any atom is -0.370 e. The monoisotopic (exact) mass is 524 g/mol. The van der Waals surface area contributed by atoms with Gasteiger partial charge in [0.25, 0.3) is 0 Å². The van der Waals surface area contributed by atoms with E-state index in [0.29, 0.717) is 5.56 Å². The third kappa shape index (κ3) is 4.74. The lowest BCUT2D eigenvalue weighted by molar-refractivity contribution is -0.161. The Balaban J connectivity index is 1.01. The fourth-order valence-electron chi connectivity index (χ4n) is 6.97. The Morgan fingerprint density at radius 3 is 2.92 bits per heavy atom. The number of aromatic nitrogens is 1. The first-order valence-corrected chi connectivity index (χ1v) is 14.2. The van der Waals surface area contributed by atoms with Gasteiger partial charge in [0.1, 0.15) is 11.7 Å². The van der Waals surface area contributed by atoms with E-state index in [1.807, 2.05) is 12.1 Å². The highest BCUT2D eigenvalue weighted by Gasteiger charge is 2.48. The number of fused-ring (bicyclic) bond motifs is 2. The molecule has 0 radical (unpaired) electrons. The molecular weight excluding hydrogens is 488 g/mol. The molecule has 5 heterocycles. The minimum atomic E-state index is -0.0926. The van der Waals surface area contributed by atoms with E-state index >= 15 is 0 Å². The molecule has 4 aliphatic rings. The first-order chi connectivity index (χ1) is 19.1. The van der Waals surface area contributed by atoms with Crippen LogP contribution >= 0.6 is 0 Å². The summed E-state index contributed by atoms with van der Waals surface area (Å²) in [5.74, 6) is 0. The van der Waals surface area contributed by atoms with Crippen LogP contribution < -0.4 is 15.1 Å². The number of morpholine rings is 2. The molecule has 1 N–H and O–H groups in total. The van der Waals surface area contributed by atoms with Gasteiger partial charge in [0.2, 0.25) is 0 Å². The number of ether oxygens (including phenoxy) is 2. The quantitative estimate of drug-likeness (QED) is 0.559. The molecule has 8 heteroatoms. The van der Waals surface area contributed by atoms with E-state index in [1.54, 1.807) is 6.20 Å². The Hall–Kier alpha value is -3.22. The van der Waals surface area contributed by atoms with Gasteiger partial charge in [0.15, 0.2) is 0 Å². The van der Waals surface area contributed by atoms with Crippen LogP contribution in [0.1, 0.15) is 23.6 Å². The van der Waals surface area contributed by atoms with Gasteiger partial charge in [-0.2, -0.15) is 5.26 Å². The van der Waals surface area contributed by atoms with Crippen molar-refractivity contribution >= 4 is 22.3 Å². The van der Waals surface area contributed by atoms with Crippen molar-refractivity contribution in [3.63, 3.8) is 0 Å². The minimum absolute atomic E-state index is 0.0926. The Bertz CT molecular complexity index is 1410. The molecule has 3 fully saturated rings. The van der Waals surface area contributed by atoms with E-state index in [0.717, 1.165) is 88.5 Å².